The molecule has 2 aromatic rings. The molecule has 98 valence electrons. The van der Waals surface area contributed by atoms with Crippen molar-refractivity contribution >= 4 is 34.3 Å². The number of nitrogens with two attached hydrogens (primary N) is 4. The predicted octanol–water partition coefficient (Wildman–Crippen LogP) is 1.27. The molecule has 0 aliphatic rings. The van der Waals surface area contributed by atoms with Gasteiger partial charge < -0.3 is 28.3 Å². The van der Waals surface area contributed by atoms with Crippen LogP contribution in [0, 0.1) is 0 Å². The van der Waals surface area contributed by atoms with Crippen LogP contribution in [0.25, 0.3) is 0 Å². The van der Waals surface area contributed by atoms with E-state index in [1.54, 1.807) is 12.1 Å². The van der Waals surface area contributed by atoms with Gasteiger partial charge in [0, 0.05) is 5.69 Å². The Bertz CT molecular complexity index is 625. The minimum absolute atomic E-state index is 0.123. The third-order valence-electron chi connectivity index (χ3n) is 2.76. The minimum atomic E-state index is -0.387. The second kappa shape index (κ2) is 4.77. The van der Waals surface area contributed by atoms with Crippen molar-refractivity contribution < 1.29 is 4.79 Å². The summed E-state index contributed by atoms with van der Waals surface area (Å²) in [6.45, 7) is 0. The Kier molecular flexibility index (Phi) is 3.15. The lowest BCUT2D eigenvalue weighted by Gasteiger charge is -2.13. The van der Waals surface area contributed by atoms with Crippen molar-refractivity contribution in [2.45, 2.75) is 0 Å². The number of carbonyl (C=O) groups excluding carboxylic acids is 1. The molecule has 0 atom stereocenters. The molecule has 0 aliphatic heterocycles. The SMILES string of the molecule is Nc1cc(C(=O)Nc2ccccc2)c(N)c(N)c1N. The molecule has 0 spiro atoms. The zero-order chi connectivity index (χ0) is 14.0. The number of anilines is 5. The van der Waals surface area contributed by atoms with Crippen LogP contribution in [0.4, 0.5) is 28.4 Å². The van der Waals surface area contributed by atoms with Crippen molar-refractivity contribution in [3.8, 4) is 0 Å². The molecule has 0 saturated carbocycles. The molecule has 0 unspecified atom stereocenters. The topological polar surface area (TPSA) is 133 Å². The summed E-state index contributed by atoms with van der Waals surface area (Å²) in [5.41, 5.74) is 24.3. The molecular formula is C13H15N5O. The van der Waals surface area contributed by atoms with Crippen LogP contribution in [0.3, 0.4) is 0 Å². The first-order chi connectivity index (χ1) is 9.00. The Balaban J connectivity index is 2.35. The van der Waals surface area contributed by atoms with Crippen LogP contribution in [0.15, 0.2) is 36.4 Å². The Morgan fingerprint density at radius 3 is 2.16 bits per heavy atom. The first-order valence-corrected chi connectivity index (χ1v) is 5.60. The normalized spacial score (nSPS) is 10.1. The van der Waals surface area contributed by atoms with E-state index in [9.17, 15) is 4.79 Å². The molecule has 2 rings (SSSR count). The highest BCUT2D eigenvalue weighted by Gasteiger charge is 2.16. The molecule has 6 nitrogen and oxygen atoms in total. The molecular weight excluding hydrogens is 242 g/mol. The number of nitrogens with one attached hydrogen (secondary N) is 1. The molecule has 1 amide bonds. The summed E-state index contributed by atoms with van der Waals surface area (Å²) in [6, 6.07) is 10.4. The second-order valence-corrected chi connectivity index (χ2v) is 4.07. The Labute approximate surface area is 110 Å². The molecule has 2 aromatic carbocycles. The summed E-state index contributed by atoms with van der Waals surface area (Å²) in [5.74, 6) is -0.387. The van der Waals surface area contributed by atoms with Crippen molar-refractivity contribution in [2.75, 3.05) is 28.3 Å². The van der Waals surface area contributed by atoms with Crippen molar-refractivity contribution in [1.82, 2.24) is 0 Å². The first-order valence-electron chi connectivity index (χ1n) is 5.60. The monoisotopic (exact) mass is 257 g/mol. The Morgan fingerprint density at radius 2 is 1.53 bits per heavy atom. The van der Waals surface area contributed by atoms with Crippen LogP contribution in [0.2, 0.25) is 0 Å². The van der Waals surface area contributed by atoms with Gasteiger partial charge in [0.1, 0.15) is 0 Å². The number of hydrogen-bond donors (Lipinski definition) is 5. The van der Waals surface area contributed by atoms with Gasteiger partial charge in [-0.15, -0.1) is 0 Å². The number of benzene rings is 2. The van der Waals surface area contributed by atoms with Crippen molar-refractivity contribution in [1.29, 1.82) is 0 Å². The Morgan fingerprint density at radius 1 is 0.895 bits per heavy atom. The molecule has 0 saturated heterocycles. The highest BCUT2D eigenvalue weighted by molar-refractivity contribution is 6.11. The average Bonchev–Trinajstić information content (AvgIpc) is 2.41. The smallest absolute Gasteiger partial charge is 0.257 e. The van der Waals surface area contributed by atoms with Gasteiger partial charge >= 0.3 is 0 Å². The molecule has 0 fully saturated rings. The fraction of sp³-hybridized carbons (Fsp3) is 0. The fourth-order valence-corrected chi connectivity index (χ4v) is 1.66. The van der Waals surface area contributed by atoms with Gasteiger partial charge in [-0.25, -0.2) is 0 Å². The lowest BCUT2D eigenvalue weighted by molar-refractivity contribution is 0.102. The van der Waals surface area contributed by atoms with E-state index in [0.29, 0.717) is 5.69 Å². The van der Waals surface area contributed by atoms with Crippen LogP contribution < -0.4 is 28.3 Å². The van der Waals surface area contributed by atoms with Crippen molar-refractivity contribution in [3.05, 3.63) is 42.0 Å². The Hall–Kier alpha value is -2.89. The van der Waals surface area contributed by atoms with Crippen LogP contribution in [0.1, 0.15) is 10.4 Å². The van der Waals surface area contributed by atoms with Crippen molar-refractivity contribution in [2.24, 2.45) is 0 Å². The molecule has 0 aromatic heterocycles. The lowest BCUT2D eigenvalue weighted by Crippen LogP contribution is -2.16. The quantitative estimate of drug-likeness (QED) is 0.516. The van der Waals surface area contributed by atoms with E-state index in [4.69, 9.17) is 22.9 Å². The average molecular weight is 257 g/mol. The van der Waals surface area contributed by atoms with Gasteiger partial charge in [0.05, 0.1) is 28.3 Å². The van der Waals surface area contributed by atoms with Gasteiger partial charge in [-0.3, -0.25) is 4.79 Å². The number of para-hydroxylation sites is 1. The van der Waals surface area contributed by atoms with E-state index < -0.39 is 0 Å². The largest absolute Gasteiger partial charge is 0.397 e. The van der Waals surface area contributed by atoms with E-state index >= 15 is 0 Å². The van der Waals surface area contributed by atoms with Crippen LogP contribution in [-0.2, 0) is 0 Å². The van der Waals surface area contributed by atoms with Gasteiger partial charge in [0.15, 0.2) is 0 Å². The summed E-state index contributed by atoms with van der Waals surface area (Å²) >= 11 is 0. The molecule has 0 heterocycles. The number of hydrogen-bond acceptors (Lipinski definition) is 5. The number of amides is 1. The van der Waals surface area contributed by atoms with E-state index in [-0.39, 0.29) is 34.2 Å². The summed E-state index contributed by atoms with van der Waals surface area (Å²) in [6.07, 6.45) is 0. The molecule has 19 heavy (non-hydrogen) atoms. The number of carbonyl (C=O) groups is 1. The van der Waals surface area contributed by atoms with Gasteiger partial charge in [-0.05, 0) is 18.2 Å². The van der Waals surface area contributed by atoms with Crippen LogP contribution in [0.5, 0.6) is 0 Å². The summed E-state index contributed by atoms with van der Waals surface area (Å²) in [7, 11) is 0. The van der Waals surface area contributed by atoms with E-state index in [1.807, 2.05) is 18.2 Å². The maximum atomic E-state index is 12.1. The van der Waals surface area contributed by atoms with E-state index in [1.165, 1.54) is 6.07 Å². The highest BCUT2D eigenvalue weighted by atomic mass is 16.1. The summed E-state index contributed by atoms with van der Waals surface area (Å²) < 4.78 is 0. The van der Waals surface area contributed by atoms with Gasteiger partial charge in [-0.1, -0.05) is 18.2 Å². The van der Waals surface area contributed by atoms with Crippen LogP contribution in [-0.4, -0.2) is 5.91 Å². The fourth-order valence-electron chi connectivity index (χ4n) is 1.66. The molecule has 0 radical (unpaired) electrons. The standard InChI is InChI=1S/C13H15N5O/c14-9-6-8(10(15)12(17)11(9)16)13(19)18-7-4-2-1-3-5-7/h1-6H,14-17H2,(H,18,19). The molecule has 9 N–H and O–H groups in total. The van der Waals surface area contributed by atoms with E-state index in [0.717, 1.165) is 0 Å². The third kappa shape index (κ3) is 2.37. The summed E-state index contributed by atoms with van der Waals surface area (Å²) in [4.78, 5) is 12.1. The van der Waals surface area contributed by atoms with E-state index in [2.05, 4.69) is 5.32 Å². The lowest BCUT2D eigenvalue weighted by atomic mass is 10.1. The molecule has 0 aliphatic carbocycles. The zero-order valence-corrected chi connectivity index (χ0v) is 10.2. The highest BCUT2D eigenvalue weighted by Crippen LogP contribution is 2.32. The second-order valence-electron chi connectivity index (χ2n) is 4.07. The molecule has 6 heteroatoms. The molecule has 0 bridgehead atoms. The maximum absolute atomic E-state index is 12.1. The first kappa shape index (κ1) is 12.6. The van der Waals surface area contributed by atoms with Gasteiger partial charge in [-0.2, -0.15) is 0 Å². The van der Waals surface area contributed by atoms with Crippen molar-refractivity contribution in [3.63, 3.8) is 0 Å². The zero-order valence-electron chi connectivity index (χ0n) is 10.2. The van der Waals surface area contributed by atoms with Gasteiger partial charge in [0.25, 0.3) is 5.91 Å². The van der Waals surface area contributed by atoms with Gasteiger partial charge in [0.2, 0.25) is 0 Å². The van der Waals surface area contributed by atoms with Crippen LogP contribution >= 0.6 is 0 Å². The summed E-state index contributed by atoms with van der Waals surface area (Å²) in [5, 5.41) is 2.70. The minimum Gasteiger partial charge on any atom is -0.397 e. The maximum Gasteiger partial charge on any atom is 0.257 e. The number of nitrogen functional groups attached to an aromatic ring is 4. The third-order valence-corrected chi connectivity index (χ3v) is 2.76. The number of rotatable bonds is 2. The predicted molar refractivity (Wildman–Crippen MR) is 78.5 cm³/mol.